The average Bonchev–Trinajstić information content (AvgIpc) is 2.92. The van der Waals surface area contributed by atoms with Gasteiger partial charge < -0.3 is 8.98 Å². The van der Waals surface area contributed by atoms with E-state index in [2.05, 4.69) is 34.8 Å². The van der Waals surface area contributed by atoms with Gasteiger partial charge in [-0.25, -0.2) is 4.98 Å². The van der Waals surface area contributed by atoms with Gasteiger partial charge in [-0.3, -0.25) is 0 Å². The topological polar surface area (TPSA) is 31.0 Å². The molecule has 0 amide bonds. The lowest BCUT2D eigenvalue weighted by molar-refractivity contribution is 0.572. The van der Waals surface area contributed by atoms with Crippen molar-refractivity contribution < 1.29 is 4.42 Å². The van der Waals surface area contributed by atoms with Crippen molar-refractivity contribution in [1.29, 1.82) is 0 Å². The summed E-state index contributed by atoms with van der Waals surface area (Å²) in [4.78, 5) is 3.92. The highest BCUT2D eigenvalue weighted by Gasteiger charge is 2.15. The Balaban J connectivity index is 2.34. The van der Waals surface area contributed by atoms with Crippen LogP contribution in [0.4, 0.5) is 0 Å². The van der Waals surface area contributed by atoms with E-state index >= 15 is 0 Å². The summed E-state index contributed by atoms with van der Waals surface area (Å²) in [6.07, 6.45) is 3.42. The standard InChI is InChI=1S/C13H11ClN2O/c1-2-16-7-10(12-13(14)15-8-17-12)9-5-3-4-6-11(9)16/h3-8H,2H2,1H3. The van der Waals surface area contributed by atoms with Crippen molar-refractivity contribution in [3.8, 4) is 11.3 Å². The van der Waals surface area contributed by atoms with Crippen LogP contribution in [0, 0.1) is 0 Å². The van der Waals surface area contributed by atoms with Gasteiger partial charge in [0.15, 0.2) is 17.3 Å². The van der Waals surface area contributed by atoms with Crippen LogP contribution in [0.5, 0.6) is 0 Å². The van der Waals surface area contributed by atoms with Crippen LogP contribution >= 0.6 is 11.6 Å². The van der Waals surface area contributed by atoms with Gasteiger partial charge in [-0.05, 0) is 13.0 Å². The summed E-state index contributed by atoms with van der Waals surface area (Å²) in [6.45, 7) is 3.02. The van der Waals surface area contributed by atoms with E-state index in [-0.39, 0.29) is 0 Å². The second kappa shape index (κ2) is 3.93. The molecule has 3 rings (SSSR count). The Labute approximate surface area is 104 Å². The minimum Gasteiger partial charge on any atom is -0.442 e. The molecule has 0 aliphatic carbocycles. The van der Waals surface area contributed by atoms with Gasteiger partial charge in [-0.15, -0.1) is 0 Å². The van der Waals surface area contributed by atoms with Crippen molar-refractivity contribution in [3.63, 3.8) is 0 Å². The van der Waals surface area contributed by atoms with Crippen LogP contribution in [0.15, 0.2) is 41.3 Å². The maximum atomic E-state index is 6.01. The highest BCUT2D eigenvalue weighted by molar-refractivity contribution is 6.32. The van der Waals surface area contributed by atoms with E-state index in [9.17, 15) is 0 Å². The fraction of sp³-hybridized carbons (Fsp3) is 0.154. The van der Waals surface area contributed by atoms with Gasteiger partial charge in [-0.1, -0.05) is 29.8 Å². The van der Waals surface area contributed by atoms with Crippen LogP contribution < -0.4 is 0 Å². The van der Waals surface area contributed by atoms with Gasteiger partial charge in [0.05, 0.1) is 0 Å². The van der Waals surface area contributed by atoms with Gasteiger partial charge >= 0.3 is 0 Å². The number of aryl methyl sites for hydroxylation is 1. The first-order valence-corrected chi connectivity index (χ1v) is 5.86. The summed E-state index contributed by atoms with van der Waals surface area (Å²) >= 11 is 6.01. The van der Waals surface area contributed by atoms with Crippen molar-refractivity contribution in [1.82, 2.24) is 9.55 Å². The lowest BCUT2D eigenvalue weighted by Crippen LogP contribution is -1.89. The monoisotopic (exact) mass is 246 g/mol. The zero-order valence-electron chi connectivity index (χ0n) is 9.35. The minimum atomic E-state index is 0.406. The van der Waals surface area contributed by atoms with E-state index in [4.69, 9.17) is 16.0 Å². The fourth-order valence-electron chi connectivity index (χ4n) is 2.10. The molecule has 0 unspecified atom stereocenters. The molecule has 0 atom stereocenters. The summed E-state index contributed by atoms with van der Waals surface area (Å²) in [6, 6.07) is 8.19. The van der Waals surface area contributed by atoms with Gasteiger partial charge in [0.2, 0.25) is 0 Å². The lowest BCUT2D eigenvalue weighted by Gasteiger charge is -1.97. The van der Waals surface area contributed by atoms with Gasteiger partial charge in [0, 0.05) is 29.2 Å². The summed E-state index contributed by atoms with van der Waals surface area (Å²) in [5, 5.41) is 1.54. The highest BCUT2D eigenvalue weighted by Crippen LogP contribution is 2.34. The number of nitrogens with zero attached hydrogens (tertiary/aromatic N) is 2. The third kappa shape index (κ3) is 1.54. The molecule has 2 heterocycles. The molecule has 17 heavy (non-hydrogen) atoms. The molecule has 0 radical (unpaired) electrons. The molecule has 4 heteroatoms. The van der Waals surface area contributed by atoms with E-state index in [0.717, 1.165) is 17.5 Å². The third-order valence-electron chi connectivity index (χ3n) is 2.90. The van der Waals surface area contributed by atoms with E-state index in [0.29, 0.717) is 10.9 Å². The fourth-order valence-corrected chi connectivity index (χ4v) is 2.28. The predicted molar refractivity (Wildman–Crippen MR) is 68.1 cm³/mol. The van der Waals surface area contributed by atoms with Crippen LogP contribution in [-0.2, 0) is 6.54 Å². The quantitative estimate of drug-likeness (QED) is 0.685. The normalized spacial score (nSPS) is 11.2. The first kappa shape index (κ1) is 10.4. The molecule has 3 aromatic rings. The predicted octanol–water partition coefficient (Wildman–Crippen LogP) is 3.97. The summed E-state index contributed by atoms with van der Waals surface area (Å²) in [5.74, 6) is 0.634. The number of para-hydroxylation sites is 1. The first-order valence-electron chi connectivity index (χ1n) is 5.48. The maximum Gasteiger partial charge on any atom is 0.182 e. The smallest absolute Gasteiger partial charge is 0.182 e. The van der Waals surface area contributed by atoms with Crippen molar-refractivity contribution in [2.75, 3.05) is 0 Å². The van der Waals surface area contributed by atoms with E-state index in [1.807, 2.05) is 12.1 Å². The molecule has 0 fully saturated rings. The van der Waals surface area contributed by atoms with E-state index in [1.54, 1.807) is 0 Å². The molecule has 0 aliphatic heterocycles. The van der Waals surface area contributed by atoms with Crippen molar-refractivity contribution in [2.45, 2.75) is 13.5 Å². The van der Waals surface area contributed by atoms with Crippen molar-refractivity contribution >= 4 is 22.5 Å². The van der Waals surface area contributed by atoms with Gasteiger partial charge in [0.1, 0.15) is 0 Å². The largest absolute Gasteiger partial charge is 0.442 e. The van der Waals surface area contributed by atoms with Crippen LogP contribution in [0.25, 0.3) is 22.2 Å². The summed E-state index contributed by atoms with van der Waals surface area (Å²) in [7, 11) is 0. The number of oxazole rings is 1. The zero-order chi connectivity index (χ0) is 11.8. The number of benzene rings is 1. The summed E-state index contributed by atoms with van der Waals surface area (Å²) in [5.41, 5.74) is 2.17. The average molecular weight is 247 g/mol. The molecular weight excluding hydrogens is 236 g/mol. The Hall–Kier alpha value is -1.74. The van der Waals surface area contributed by atoms with Crippen LogP contribution in [0.2, 0.25) is 5.15 Å². The first-order chi connectivity index (χ1) is 8.31. The molecule has 86 valence electrons. The van der Waals surface area contributed by atoms with Gasteiger partial charge in [-0.2, -0.15) is 0 Å². The Bertz CT molecular complexity index is 669. The summed E-state index contributed by atoms with van der Waals surface area (Å²) < 4.78 is 7.53. The molecule has 0 N–H and O–H groups in total. The Morgan fingerprint density at radius 1 is 1.35 bits per heavy atom. The van der Waals surface area contributed by atoms with Crippen LogP contribution in [0.1, 0.15) is 6.92 Å². The SMILES string of the molecule is CCn1cc(-c2ocnc2Cl)c2ccccc21. The molecule has 0 bridgehead atoms. The molecule has 3 nitrogen and oxygen atoms in total. The second-order valence-corrected chi connectivity index (χ2v) is 4.18. The highest BCUT2D eigenvalue weighted by atomic mass is 35.5. The minimum absolute atomic E-state index is 0.406. The van der Waals surface area contributed by atoms with E-state index < -0.39 is 0 Å². The van der Waals surface area contributed by atoms with Crippen LogP contribution in [-0.4, -0.2) is 9.55 Å². The Morgan fingerprint density at radius 3 is 2.88 bits per heavy atom. The lowest BCUT2D eigenvalue weighted by atomic mass is 10.1. The molecule has 0 spiro atoms. The maximum absolute atomic E-state index is 6.01. The third-order valence-corrected chi connectivity index (χ3v) is 3.17. The molecule has 0 saturated carbocycles. The number of aromatic nitrogens is 2. The molecule has 2 aromatic heterocycles. The number of hydrogen-bond donors (Lipinski definition) is 0. The molecule has 0 saturated heterocycles. The Morgan fingerprint density at radius 2 is 2.18 bits per heavy atom. The Kier molecular flexibility index (Phi) is 2.41. The number of rotatable bonds is 2. The number of fused-ring (bicyclic) bond motifs is 1. The molecule has 0 aliphatic rings. The molecular formula is C13H11ClN2O. The number of hydrogen-bond acceptors (Lipinski definition) is 2. The van der Waals surface area contributed by atoms with Crippen molar-refractivity contribution in [2.24, 2.45) is 0 Å². The zero-order valence-corrected chi connectivity index (χ0v) is 10.1. The van der Waals surface area contributed by atoms with Crippen LogP contribution in [0.3, 0.4) is 0 Å². The van der Waals surface area contributed by atoms with Gasteiger partial charge in [0.25, 0.3) is 0 Å². The van der Waals surface area contributed by atoms with Crippen molar-refractivity contribution in [3.05, 3.63) is 42.0 Å². The second-order valence-electron chi connectivity index (χ2n) is 3.82. The molecule has 1 aromatic carbocycles. The van der Waals surface area contributed by atoms with E-state index in [1.165, 1.54) is 11.9 Å². The number of halogens is 1.